The summed E-state index contributed by atoms with van der Waals surface area (Å²) >= 11 is 0. The van der Waals surface area contributed by atoms with Gasteiger partial charge in [0.2, 0.25) is 5.95 Å². The van der Waals surface area contributed by atoms with Crippen molar-refractivity contribution in [2.45, 2.75) is 39.2 Å². The highest BCUT2D eigenvalue weighted by atomic mass is 16.5. The van der Waals surface area contributed by atoms with E-state index in [0.717, 1.165) is 49.8 Å². The predicted octanol–water partition coefficient (Wildman–Crippen LogP) is 3.66. The van der Waals surface area contributed by atoms with Gasteiger partial charge in [-0.2, -0.15) is 4.98 Å². The van der Waals surface area contributed by atoms with Gasteiger partial charge in [0.1, 0.15) is 5.82 Å². The fourth-order valence-electron chi connectivity index (χ4n) is 3.26. The molecule has 3 rings (SSSR count). The van der Waals surface area contributed by atoms with Crippen molar-refractivity contribution in [3.05, 3.63) is 35.5 Å². The molecular weight excluding hydrogens is 328 g/mol. The molecule has 0 amide bonds. The number of nitrogens with one attached hydrogen (secondary N) is 1. The van der Waals surface area contributed by atoms with Crippen molar-refractivity contribution in [2.24, 2.45) is 0 Å². The number of hydrogen-bond donors (Lipinski definition) is 1. The van der Waals surface area contributed by atoms with Crippen molar-refractivity contribution in [1.29, 1.82) is 0 Å². The van der Waals surface area contributed by atoms with E-state index in [1.54, 1.807) is 14.2 Å². The minimum absolute atomic E-state index is 0.705. The van der Waals surface area contributed by atoms with Crippen LogP contribution in [0.3, 0.4) is 0 Å². The number of ether oxygens (including phenoxy) is 2. The molecular formula is C20H28N4O2. The zero-order valence-electron chi connectivity index (χ0n) is 15.9. The van der Waals surface area contributed by atoms with Crippen molar-refractivity contribution < 1.29 is 9.47 Å². The molecule has 2 heterocycles. The number of nitrogens with zero attached hydrogens (tertiary/aromatic N) is 3. The third-order valence-corrected chi connectivity index (χ3v) is 4.75. The number of methoxy groups -OCH3 is 2. The Morgan fingerprint density at radius 1 is 1.12 bits per heavy atom. The summed E-state index contributed by atoms with van der Waals surface area (Å²) in [7, 11) is 3.35. The number of aromatic nitrogens is 2. The van der Waals surface area contributed by atoms with E-state index in [4.69, 9.17) is 14.5 Å². The lowest BCUT2D eigenvalue weighted by Gasteiger charge is -2.30. The van der Waals surface area contributed by atoms with Crippen LogP contribution in [-0.2, 0) is 13.0 Å². The standard InChI is InChI=1S/C20H28N4O2/c1-4-5-6-9-21-20-22-10-7-19(23-20)24-11-8-15-12-17(25-2)18(26-3)13-16(15)14-24/h7,10,12-13H,4-6,8-9,11,14H2,1-3H3,(H,21,22,23). The van der Waals surface area contributed by atoms with E-state index in [-0.39, 0.29) is 0 Å². The van der Waals surface area contributed by atoms with Crippen LogP contribution in [0.25, 0.3) is 0 Å². The molecule has 0 aliphatic carbocycles. The highest BCUT2D eigenvalue weighted by Crippen LogP contribution is 2.34. The smallest absolute Gasteiger partial charge is 0.224 e. The number of benzene rings is 1. The van der Waals surface area contributed by atoms with E-state index in [2.05, 4.69) is 34.3 Å². The number of fused-ring (bicyclic) bond motifs is 1. The summed E-state index contributed by atoms with van der Waals surface area (Å²) in [5, 5.41) is 3.33. The first-order valence-corrected chi connectivity index (χ1v) is 9.30. The van der Waals surface area contributed by atoms with Crippen molar-refractivity contribution in [3.8, 4) is 11.5 Å². The van der Waals surface area contributed by atoms with Gasteiger partial charge in [-0.15, -0.1) is 0 Å². The van der Waals surface area contributed by atoms with E-state index < -0.39 is 0 Å². The topological polar surface area (TPSA) is 59.5 Å². The lowest BCUT2D eigenvalue weighted by atomic mass is 9.99. The van der Waals surface area contributed by atoms with Gasteiger partial charge in [0.25, 0.3) is 0 Å². The van der Waals surface area contributed by atoms with Gasteiger partial charge >= 0.3 is 0 Å². The highest BCUT2D eigenvalue weighted by molar-refractivity contribution is 5.52. The summed E-state index contributed by atoms with van der Waals surface area (Å²) in [5.41, 5.74) is 2.57. The molecule has 0 atom stereocenters. The second-order valence-electron chi connectivity index (χ2n) is 6.52. The average molecular weight is 356 g/mol. The minimum Gasteiger partial charge on any atom is -0.493 e. The monoisotopic (exact) mass is 356 g/mol. The third-order valence-electron chi connectivity index (χ3n) is 4.75. The zero-order valence-corrected chi connectivity index (χ0v) is 15.9. The quantitative estimate of drug-likeness (QED) is 0.729. The van der Waals surface area contributed by atoms with E-state index in [0.29, 0.717) is 5.95 Å². The molecule has 2 aromatic rings. The predicted molar refractivity (Wildman–Crippen MR) is 104 cm³/mol. The van der Waals surface area contributed by atoms with Gasteiger partial charge in [0, 0.05) is 25.8 Å². The number of unbranched alkanes of at least 4 members (excludes halogenated alkanes) is 2. The van der Waals surface area contributed by atoms with Gasteiger partial charge in [-0.05, 0) is 42.2 Å². The zero-order chi connectivity index (χ0) is 18.4. The van der Waals surface area contributed by atoms with Crippen LogP contribution in [0, 0.1) is 0 Å². The number of rotatable bonds is 8. The maximum atomic E-state index is 5.45. The average Bonchev–Trinajstić information content (AvgIpc) is 2.70. The highest BCUT2D eigenvalue weighted by Gasteiger charge is 2.20. The molecule has 0 bridgehead atoms. The van der Waals surface area contributed by atoms with Crippen molar-refractivity contribution in [3.63, 3.8) is 0 Å². The molecule has 0 saturated heterocycles. The molecule has 0 radical (unpaired) electrons. The Morgan fingerprint density at radius 2 is 1.88 bits per heavy atom. The fraction of sp³-hybridized carbons (Fsp3) is 0.500. The van der Waals surface area contributed by atoms with Crippen molar-refractivity contribution in [2.75, 3.05) is 37.5 Å². The van der Waals surface area contributed by atoms with E-state index >= 15 is 0 Å². The summed E-state index contributed by atoms with van der Waals surface area (Å²) < 4.78 is 10.9. The van der Waals surface area contributed by atoms with Crippen LogP contribution in [0.5, 0.6) is 11.5 Å². The lowest BCUT2D eigenvalue weighted by Crippen LogP contribution is -2.31. The maximum Gasteiger partial charge on any atom is 0.224 e. The van der Waals surface area contributed by atoms with E-state index in [1.807, 2.05) is 12.3 Å². The van der Waals surface area contributed by atoms with Crippen LogP contribution in [0.4, 0.5) is 11.8 Å². The van der Waals surface area contributed by atoms with E-state index in [1.165, 1.54) is 24.0 Å². The van der Waals surface area contributed by atoms with Crippen LogP contribution < -0.4 is 19.7 Å². The van der Waals surface area contributed by atoms with Gasteiger partial charge in [-0.1, -0.05) is 19.8 Å². The Labute approximate surface area is 155 Å². The molecule has 6 nitrogen and oxygen atoms in total. The third kappa shape index (κ3) is 4.18. The molecule has 1 aliphatic rings. The van der Waals surface area contributed by atoms with Crippen LogP contribution in [0.2, 0.25) is 0 Å². The van der Waals surface area contributed by atoms with Crippen LogP contribution in [0.15, 0.2) is 24.4 Å². The first-order valence-electron chi connectivity index (χ1n) is 9.30. The normalized spacial score (nSPS) is 13.3. The summed E-state index contributed by atoms with van der Waals surface area (Å²) in [4.78, 5) is 11.3. The molecule has 1 aromatic carbocycles. The van der Waals surface area contributed by atoms with Gasteiger partial charge in [0.15, 0.2) is 11.5 Å². The molecule has 0 spiro atoms. The second-order valence-corrected chi connectivity index (χ2v) is 6.52. The van der Waals surface area contributed by atoms with Gasteiger partial charge in [-0.3, -0.25) is 0 Å². The first kappa shape index (κ1) is 18.3. The van der Waals surface area contributed by atoms with Gasteiger partial charge in [-0.25, -0.2) is 4.98 Å². The summed E-state index contributed by atoms with van der Waals surface area (Å²) in [6.45, 7) is 4.85. The van der Waals surface area contributed by atoms with Crippen LogP contribution in [0.1, 0.15) is 37.3 Å². The van der Waals surface area contributed by atoms with Gasteiger partial charge < -0.3 is 19.7 Å². The molecule has 0 saturated carbocycles. The molecule has 1 aromatic heterocycles. The van der Waals surface area contributed by atoms with Crippen molar-refractivity contribution >= 4 is 11.8 Å². The lowest BCUT2D eigenvalue weighted by molar-refractivity contribution is 0.353. The summed E-state index contributed by atoms with van der Waals surface area (Å²) in [5.74, 6) is 3.23. The van der Waals surface area contributed by atoms with E-state index in [9.17, 15) is 0 Å². The molecule has 0 unspecified atom stereocenters. The Morgan fingerprint density at radius 3 is 2.62 bits per heavy atom. The Hall–Kier alpha value is -2.50. The SMILES string of the molecule is CCCCCNc1nccc(N2CCc3cc(OC)c(OC)cc3C2)n1. The molecule has 26 heavy (non-hydrogen) atoms. The van der Waals surface area contributed by atoms with Crippen LogP contribution in [-0.4, -0.2) is 37.3 Å². The van der Waals surface area contributed by atoms with Crippen molar-refractivity contribution in [1.82, 2.24) is 9.97 Å². The summed E-state index contributed by atoms with van der Waals surface area (Å²) in [6.07, 6.45) is 6.36. The fourth-order valence-corrected chi connectivity index (χ4v) is 3.26. The molecule has 0 fully saturated rings. The summed E-state index contributed by atoms with van der Waals surface area (Å²) in [6, 6.07) is 6.14. The molecule has 6 heteroatoms. The molecule has 140 valence electrons. The maximum absolute atomic E-state index is 5.45. The molecule has 1 N–H and O–H groups in total. The Kier molecular flexibility index (Phi) is 6.15. The number of hydrogen-bond acceptors (Lipinski definition) is 6. The largest absolute Gasteiger partial charge is 0.493 e. The van der Waals surface area contributed by atoms with Crippen LogP contribution >= 0.6 is 0 Å². The minimum atomic E-state index is 0.705. The Bertz CT molecular complexity index is 736. The van der Waals surface area contributed by atoms with Gasteiger partial charge in [0.05, 0.1) is 14.2 Å². The molecule has 1 aliphatic heterocycles. The first-order chi connectivity index (χ1) is 12.7. The second kappa shape index (κ2) is 8.74. The number of anilines is 2. The Balaban J connectivity index is 1.72.